The van der Waals surface area contributed by atoms with E-state index in [0.29, 0.717) is 12.0 Å². The average molecular weight is 331 g/mol. The van der Waals surface area contributed by atoms with Crippen molar-refractivity contribution in [2.24, 2.45) is 5.92 Å². The summed E-state index contributed by atoms with van der Waals surface area (Å²) in [7, 11) is -3.52. The number of benzene rings is 2. The zero-order chi connectivity index (χ0) is 16.9. The first-order valence-corrected chi connectivity index (χ1v) is 9.04. The van der Waals surface area contributed by atoms with Crippen LogP contribution < -0.4 is 4.72 Å². The Bertz CT molecular complexity index is 753. The van der Waals surface area contributed by atoms with E-state index in [1.165, 1.54) is 0 Å². The van der Waals surface area contributed by atoms with Gasteiger partial charge in [0.1, 0.15) is 0 Å². The number of sulfonamides is 1. The van der Waals surface area contributed by atoms with E-state index in [4.69, 9.17) is 0 Å². The summed E-state index contributed by atoms with van der Waals surface area (Å²) in [5.74, 6) is -0.210. The maximum absolute atomic E-state index is 12.2. The summed E-state index contributed by atoms with van der Waals surface area (Å²) < 4.78 is 26.9. The van der Waals surface area contributed by atoms with Crippen molar-refractivity contribution < 1.29 is 13.2 Å². The Morgan fingerprint density at radius 2 is 1.65 bits per heavy atom. The summed E-state index contributed by atoms with van der Waals surface area (Å²) in [5, 5.41) is 0. The van der Waals surface area contributed by atoms with Gasteiger partial charge in [-0.25, -0.2) is 13.1 Å². The minimum atomic E-state index is -3.52. The fourth-order valence-electron chi connectivity index (χ4n) is 2.23. The van der Waals surface area contributed by atoms with Crippen molar-refractivity contribution in [1.29, 1.82) is 0 Å². The molecule has 0 aliphatic heterocycles. The summed E-state index contributed by atoms with van der Waals surface area (Å²) in [5.41, 5.74) is 1.66. The number of nitrogens with one attached hydrogen (secondary N) is 1. The Hall–Kier alpha value is -1.98. The fraction of sp³-hybridized carbons (Fsp3) is 0.278. The van der Waals surface area contributed by atoms with Crippen LogP contribution in [0.25, 0.3) is 0 Å². The molecule has 0 radical (unpaired) electrons. The van der Waals surface area contributed by atoms with Gasteiger partial charge in [-0.05, 0) is 25.5 Å². The van der Waals surface area contributed by atoms with Crippen LogP contribution in [0, 0.1) is 12.8 Å². The van der Waals surface area contributed by atoms with Crippen LogP contribution in [0.2, 0.25) is 0 Å². The van der Waals surface area contributed by atoms with Crippen molar-refractivity contribution in [3.63, 3.8) is 0 Å². The van der Waals surface area contributed by atoms with Crippen LogP contribution in [0.3, 0.4) is 0 Å². The molecule has 2 aromatic carbocycles. The second-order valence-corrected chi connectivity index (χ2v) is 7.40. The first-order chi connectivity index (χ1) is 10.9. The molecule has 0 aromatic heterocycles. The lowest BCUT2D eigenvalue weighted by molar-refractivity contribution is 0.0925. The molecule has 0 amide bonds. The van der Waals surface area contributed by atoms with E-state index in [2.05, 4.69) is 4.72 Å². The Morgan fingerprint density at radius 3 is 2.26 bits per heavy atom. The molecule has 0 fully saturated rings. The summed E-state index contributed by atoms with van der Waals surface area (Å²) in [6.07, 6.45) is 0.457. The van der Waals surface area contributed by atoms with E-state index in [0.717, 1.165) is 5.56 Å². The third kappa shape index (κ3) is 4.74. The van der Waals surface area contributed by atoms with Gasteiger partial charge in [0.25, 0.3) is 0 Å². The molecule has 0 aliphatic carbocycles. The molecule has 5 heteroatoms. The molecular weight excluding hydrogens is 310 g/mol. The van der Waals surface area contributed by atoms with Crippen molar-refractivity contribution in [1.82, 2.24) is 4.72 Å². The van der Waals surface area contributed by atoms with Crippen molar-refractivity contribution >= 4 is 15.8 Å². The first kappa shape index (κ1) is 17.4. The van der Waals surface area contributed by atoms with Crippen molar-refractivity contribution in [3.05, 3.63) is 65.7 Å². The fourth-order valence-corrected chi connectivity index (χ4v) is 3.28. The van der Waals surface area contributed by atoms with Crippen molar-refractivity contribution in [3.8, 4) is 0 Å². The molecule has 2 aromatic rings. The van der Waals surface area contributed by atoms with E-state index in [9.17, 15) is 13.2 Å². The lowest BCUT2D eigenvalue weighted by atomic mass is 9.97. The van der Waals surface area contributed by atoms with Gasteiger partial charge in [0.2, 0.25) is 10.0 Å². The monoisotopic (exact) mass is 331 g/mol. The maximum atomic E-state index is 12.2. The molecule has 1 atom stereocenters. The van der Waals surface area contributed by atoms with Gasteiger partial charge in [0, 0.05) is 18.0 Å². The van der Waals surface area contributed by atoms with Crippen LogP contribution >= 0.6 is 0 Å². The van der Waals surface area contributed by atoms with Gasteiger partial charge in [-0.2, -0.15) is 0 Å². The van der Waals surface area contributed by atoms with Crippen molar-refractivity contribution in [2.45, 2.75) is 25.2 Å². The molecule has 1 unspecified atom stereocenters. The highest BCUT2D eigenvalue weighted by Crippen LogP contribution is 2.13. The van der Waals surface area contributed by atoms with Gasteiger partial charge < -0.3 is 0 Å². The van der Waals surface area contributed by atoms with Gasteiger partial charge in [-0.3, -0.25) is 4.79 Å². The van der Waals surface area contributed by atoms with Crippen LogP contribution in [0.1, 0.15) is 29.3 Å². The van der Waals surface area contributed by atoms with E-state index < -0.39 is 10.0 Å². The Kier molecular flexibility index (Phi) is 5.69. The summed E-state index contributed by atoms with van der Waals surface area (Å²) >= 11 is 0. The molecule has 0 bridgehead atoms. The zero-order valence-corrected chi connectivity index (χ0v) is 14.1. The lowest BCUT2D eigenvalue weighted by Crippen LogP contribution is -2.27. The normalized spacial score (nSPS) is 12.8. The minimum Gasteiger partial charge on any atom is -0.294 e. The Balaban J connectivity index is 1.91. The van der Waals surface area contributed by atoms with Crippen LogP contribution in [0.15, 0.2) is 59.5 Å². The van der Waals surface area contributed by atoms with Gasteiger partial charge in [0.15, 0.2) is 5.78 Å². The number of carbonyl (C=O) groups is 1. The highest BCUT2D eigenvalue weighted by Gasteiger charge is 2.17. The van der Waals surface area contributed by atoms with Gasteiger partial charge in [-0.15, -0.1) is 0 Å². The second-order valence-electron chi connectivity index (χ2n) is 5.63. The molecule has 0 aliphatic rings. The molecule has 0 saturated carbocycles. The maximum Gasteiger partial charge on any atom is 0.240 e. The highest BCUT2D eigenvalue weighted by atomic mass is 32.2. The molecule has 0 heterocycles. The summed E-state index contributed by atoms with van der Waals surface area (Å²) in [6.45, 7) is 3.95. The van der Waals surface area contributed by atoms with E-state index in [-0.39, 0.29) is 23.1 Å². The van der Waals surface area contributed by atoms with Gasteiger partial charge >= 0.3 is 0 Å². The SMILES string of the molecule is Cc1ccc(S(=O)(=O)NCCC(C)C(=O)c2ccccc2)cc1. The summed E-state index contributed by atoms with van der Waals surface area (Å²) in [6, 6.07) is 15.7. The van der Waals surface area contributed by atoms with Gasteiger partial charge in [0.05, 0.1) is 4.90 Å². The average Bonchev–Trinajstić information content (AvgIpc) is 2.55. The number of carbonyl (C=O) groups excluding carboxylic acids is 1. The van der Waals surface area contributed by atoms with E-state index in [1.807, 2.05) is 32.0 Å². The van der Waals surface area contributed by atoms with Crippen LogP contribution in [0.5, 0.6) is 0 Å². The molecular formula is C18H21NO3S. The predicted molar refractivity (Wildman–Crippen MR) is 90.9 cm³/mol. The molecule has 23 heavy (non-hydrogen) atoms. The topological polar surface area (TPSA) is 63.2 Å². The molecule has 2 rings (SSSR count). The number of aryl methyl sites for hydroxylation is 1. The number of Topliss-reactive ketones (excluding diaryl/α,β-unsaturated/α-hetero) is 1. The molecule has 1 N–H and O–H groups in total. The van der Waals surface area contributed by atoms with Crippen molar-refractivity contribution in [2.75, 3.05) is 6.54 Å². The van der Waals surface area contributed by atoms with Gasteiger partial charge in [-0.1, -0.05) is 55.0 Å². The van der Waals surface area contributed by atoms with E-state index >= 15 is 0 Å². The smallest absolute Gasteiger partial charge is 0.240 e. The first-order valence-electron chi connectivity index (χ1n) is 7.56. The second kappa shape index (κ2) is 7.53. The number of hydrogen-bond acceptors (Lipinski definition) is 3. The lowest BCUT2D eigenvalue weighted by Gasteiger charge is -2.12. The van der Waals surface area contributed by atoms with Crippen LogP contribution in [0.4, 0.5) is 0 Å². The van der Waals surface area contributed by atoms with Crippen LogP contribution in [-0.2, 0) is 10.0 Å². The molecule has 0 saturated heterocycles. The number of hydrogen-bond donors (Lipinski definition) is 1. The molecule has 0 spiro atoms. The van der Waals surface area contributed by atoms with E-state index in [1.54, 1.807) is 36.4 Å². The predicted octanol–water partition coefficient (Wildman–Crippen LogP) is 3.18. The summed E-state index contributed by atoms with van der Waals surface area (Å²) in [4.78, 5) is 12.5. The zero-order valence-electron chi connectivity index (χ0n) is 13.3. The Labute approximate surface area is 137 Å². The molecule has 4 nitrogen and oxygen atoms in total. The van der Waals surface area contributed by atoms with Crippen LogP contribution in [-0.4, -0.2) is 20.7 Å². The highest BCUT2D eigenvalue weighted by molar-refractivity contribution is 7.89. The standard InChI is InChI=1S/C18H21NO3S/c1-14-8-10-17(11-9-14)23(21,22)19-13-12-15(2)18(20)16-6-4-3-5-7-16/h3-11,15,19H,12-13H2,1-2H3. The molecule has 122 valence electrons. The number of ketones is 1. The Morgan fingerprint density at radius 1 is 1.04 bits per heavy atom. The quantitative estimate of drug-likeness (QED) is 0.793. The largest absolute Gasteiger partial charge is 0.294 e. The third-order valence-corrected chi connectivity index (χ3v) is 5.18. The number of rotatable bonds is 7. The minimum absolute atomic E-state index is 0.0279. The third-order valence-electron chi connectivity index (χ3n) is 3.71.